The van der Waals surface area contributed by atoms with E-state index in [1.165, 1.54) is 32.1 Å². The molecule has 4 rings (SSSR count). The van der Waals surface area contributed by atoms with Gasteiger partial charge in [-0.25, -0.2) is 4.79 Å². The summed E-state index contributed by atoms with van der Waals surface area (Å²) in [7, 11) is 2.17. The van der Waals surface area contributed by atoms with E-state index in [0.29, 0.717) is 29.7 Å². The van der Waals surface area contributed by atoms with Gasteiger partial charge in [0.05, 0.1) is 0 Å². The predicted molar refractivity (Wildman–Crippen MR) is 142 cm³/mol. The second-order valence-corrected chi connectivity index (χ2v) is 10.3. The first-order chi connectivity index (χ1) is 17.0. The van der Waals surface area contributed by atoms with E-state index in [-0.39, 0.29) is 17.9 Å². The number of carbonyl (C=O) groups excluding carboxylic acids is 2. The monoisotopic (exact) mass is 496 g/mol. The van der Waals surface area contributed by atoms with E-state index in [1.807, 2.05) is 23.1 Å². The van der Waals surface area contributed by atoms with E-state index in [9.17, 15) is 9.59 Å². The van der Waals surface area contributed by atoms with Gasteiger partial charge >= 0.3 is 6.03 Å². The number of carbonyl (C=O) groups is 2. The number of hydrogen-bond donors (Lipinski definition) is 2. The molecule has 0 aromatic heterocycles. The molecule has 1 atom stereocenters. The van der Waals surface area contributed by atoms with Gasteiger partial charge in [-0.1, -0.05) is 43.0 Å². The Hall–Kier alpha value is -2.57. The molecule has 7 heteroatoms. The fourth-order valence-electron chi connectivity index (χ4n) is 5.26. The molecule has 1 aliphatic carbocycles. The van der Waals surface area contributed by atoms with Gasteiger partial charge in [0.25, 0.3) is 5.91 Å². The average molecular weight is 497 g/mol. The van der Waals surface area contributed by atoms with Crippen LogP contribution in [0.15, 0.2) is 48.5 Å². The molecule has 2 aromatic carbocycles. The van der Waals surface area contributed by atoms with Crippen LogP contribution in [0.5, 0.6) is 0 Å². The average Bonchev–Trinajstić information content (AvgIpc) is 2.90. The zero-order valence-corrected chi connectivity index (χ0v) is 21.4. The zero-order valence-electron chi connectivity index (χ0n) is 20.6. The molecule has 1 saturated heterocycles. The minimum Gasteiger partial charge on any atom is -0.351 e. The summed E-state index contributed by atoms with van der Waals surface area (Å²) in [6.07, 6.45) is 8.45. The molecule has 1 aliphatic heterocycles. The number of halogens is 1. The molecule has 2 aromatic rings. The number of likely N-dealkylation sites (tertiary alicyclic amines) is 1. The fourth-order valence-corrected chi connectivity index (χ4v) is 5.38. The number of likely N-dealkylation sites (N-methyl/N-ethyl adjacent to an activating group) is 1. The highest BCUT2D eigenvalue weighted by atomic mass is 35.5. The number of urea groups is 1. The van der Waals surface area contributed by atoms with Crippen LogP contribution >= 0.6 is 11.6 Å². The first kappa shape index (κ1) is 25.5. The molecule has 0 radical (unpaired) electrons. The lowest BCUT2D eigenvalue weighted by Crippen LogP contribution is -2.41. The number of nitrogens with one attached hydrogen (secondary N) is 2. The van der Waals surface area contributed by atoms with Crippen LogP contribution in [0.4, 0.5) is 10.5 Å². The van der Waals surface area contributed by atoms with Crippen molar-refractivity contribution in [1.82, 2.24) is 15.1 Å². The molecule has 188 valence electrons. The molecule has 1 heterocycles. The summed E-state index contributed by atoms with van der Waals surface area (Å²) < 4.78 is 0. The Morgan fingerprint density at radius 2 is 1.80 bits per heavy atom. The van der Waals surface area contributed by atoms with Crippen molar-refractivity contribution in [3.63, 3.8) is 0 Å². The number of amides is 3. The van der Waals surface area contributed by atoms with Crippen LogP contribution in [0, 0.1) is 0 Å². The zero-order chi connectivity index (χ0) is 24.6. The van der Waals surface area contributed by atoms with E-state index in [1.54, 1.807) is 24.3 Å². The van der Waals surface area contributed by atoms with Crippen molar-refractivity contribution in [2.45, 2.75) is 56.9 Å². The van der Waals surface area contributed by atoms with Crippen LogP contribution in [0.1, 0.15) is 66.8 Å². The fraction of sp³-hybridized carbons (Fsp3) is 0.500. The highest BCUT2D eigenvalue weighted by Crippen LogP contribution is 2.28. The SMILES string of the molecule is CN(CCNC(=O)c1cccc([C@@H]2CCCN(C(=O)Nc3ccc(Cl)cc3)C2)c1)C1CCCCC1. The molecule has 0 unspecified atom stereocenters. The van der Waals surface area contributed by atoms with Crippen molar-refractivity contribution in [3.05, 3.63) is 64.7 Å². The Kier molecular flexibility index (Phi) is 9.05. The number of rotatable bonds is 7. The smallest absolute Gasteiger partial charge is 0.321 e. The maximum absolute atomic E-state index is 12.8. The Labute approximate surface area is 214 Å². The van der Waals surface area contributed by atoms with Gasteiger partial charge in [-0.3, -0.25) is 4.79 Å². The summed E-state index contributed by atoms with van der Waals surface area (Å²) in [5.41, 5.74) is 2.53. The number of anilines is 1. The summed E-state index contributed by atoms with van der Waals surface area (Å²) in [5, 5.41) is 6.69. The lowest BCUT2D eigenvalue weighted by atomic mass is 9.89. The number of piperidine rings is 1. The molecule has 2 aliphatic rings. The van der Waals surface area contributed by atoms with Crippen LogP contribution in [-0.2, 0) is 0 Å². The third kappa shape index (κ3) is 7.21. The van der Waals surface area contributed by atoms with Crippen molar-refractivity contribution >= 4 is 29.2 Å². The normalized spacial score (nSPS) is 18.9. The van der Waals surface area contributed by atoms with Crippen LogP contribution in [0.2, 0.25) is 5.02 Å². The van der Waals surface area contributed by atoms with Gasteiger partial charge in [-0.05, 0) is 74.7 Å². The second kappa shape index (κ2) is 12.4. The molecular formula is C28H37ClN4O2. The number of nitrogens with zero attached hydrogens (tertiary/aromatic N) is 2. The molecule has 6 nitrogen and oxygen atoms in total. The molecule has 0 spiro atoms. The molecule has 2 fully saturated rings. The van der Waals surface area contributed by atoms with Gasteiger partial charge in [0, 0.05) is 54.4 Å². The van der Waals surface area contributed by atoms with Crippen molar-refractivity contribution in [2.75, 3.05) is 38.5 Å². The topological polar surface area (TPSA) is 64.7 Å². The highest BCUT2D eigenvalue weighted by Gasteiger charge is 2.25. The van der Waals surface area contributed by atoms with E-state index >= 15 is 0 Å². The maximum Gasteiger partial charge on any atom is 0.321 e. The lowest BCUT2D eigenvalue weighted by molar-refractivity contribution is 0.0944. The Balaban J connectivity index is 1.29. The number of hydrogen-bond acceptors (Lipinski definition) is 3. The molecule has 0 bridgehead atoms. The van der Waals surface area contributed by atoms with Crippen LogP contribution in [0.3, 0.4) is 0 Å². The second-order valence-electron chi connectivity index (χ2n) is 9.88. The van der Waals surface area contributed by atoms with Gasteiger partial charge in [0.1, 0.15) is 0 Å². The Morgan fingerprint density at radius 3 is 2.57 bits per heavy atom. The predicted octanol–water partition coefficient (Wildman–Crippen LogP) is 5.75. The van der Waals surface area contributed by atoms with Gasteiger partial charge in [-0.2, -0.15) is 0 Å². The molecule has 1 saturated carbocycles. The number of benzene rings is 2. The molecule has 2 N–H and O–H groups in total. The van der Waals surface area contributed by atoms with E-state index < -0.39 is 0 Å². The van der Waals surface area contributed by atoms with Crippen molar-refractivity contribution in [2.24, 2.45) is 0 Å². The van der Waals surface area contributed by atoms with Crippen LogP contribution < -0.4 is 10.6 Å². The lowest BCUT2D eigenvalue weighted by Gasteiger charge is -2.33. The van der Waals surface area contributed by atoms with Gasteiger partial charge in [-0.15, -0.1) is 0 Å². The molecule has 35 heavy (non-hydrogen) atoms. The highest BCUT2D eigenvalue weighted by molar-refractivity contribution is 6.30. The van der Waals surface area contributed by atoms with Crippen LogP contribution in [-0.4, -0.2) is 61.0 Å². The quantitative estimate of drug-likeness (QED) is 0.513. The van der Waals surface area contributed by atoms with Gasteiger partial charge in [0.2, 0.25) is 0 Å². The van der Waals surface area contributed by atoms with Gasteiger partial charge < -0.3 is 20.4 Å². The minimum absolute atomic E-state index is 0.0305. The largest absolute Gasteiger partial charge is 0.351 e. The standard InChI is InChI=1S/C28H37ClN4O2/c1-32(26-10-3-2-4-11-26)18-16-30-27(34)22-8-5-7-21(19-22)23-9-6-17-33(20-23)28(35)31-25-14-12-24(29)13-15-25/h5,7-8,12-15,19,23,26H,2-4,6,9-11,16-18,20H2,1H3,(H,30,34)(H,31,35)/t23-/m1/s1. The molecular weight excluding hydrogens is 460 g/mol. The van der Waals surface area contributed by atoms with Crippen molar-refractivity contribution in [1.29, 1.82) is 0 Å². The Morgan fingerprint density at radius 1 is 1.03 bits per heavy atom. The summed E-state index contributed by atoms with van der Waals surface area (Å²) in [6.45, 7) is 2.88. The van der Waals surface area contributed by atoms with E-state index in [2.05, 4.69) is 28.6 Å². The van der Waals surface area contributed by atoms with Crippen LogP contribution in [0.25, 0.3) is 0 Å². The Bertz CT molecular complexity index is 991. The summed E-state index contributed by atoms with van der Waals surface area (Å²) in [5.74, 6) is 0.182. The maximum atomic E-state index is 12.8. The van der Waals surface area contributed by atoms with E-state index in [4.69, 9.17) is 11.6 Å². The first-order valence-corrected chi connectivity index (χ1v) is 13.3. The van der Waals surface area contributed by atoms with Crippen molar-refractivity contribution in [3.8, 4) is 0 Å². The third-order valence-corrected chi connectivity index (χ3v) is 7.62. The third-order valence-electron chi connectivity index (χ3n) is 7.37. The summed E-state index contributed by atoms with van der Waals surface area (Å²) in [4.78, 5) is 29.9. The van der Waals surface area contributed by atoms with E-state index in [0.717, 1.165) is 37.2 Å². The summed E-state index contributed by atoms with van der Waals surface area (Å²) in [6, 6.07) is 15.6. The van der Waals surface area contributed by atoms with Gasteiger partial charge in [0.15, 0.2) is 0 Å². The molecule has 3 amide bonds. The van der Waals surface area contributed by atoms with Crippen molar-refractivity contribution < 1.29 is 9.59 Å². The first-order valence-electron chi connectivity index (χ1n) is 12.9. The summed E-state index contributed by atoms with van der Waals surface area (Å²) >= 11 is 5.94. The minimum atomic E-state index is -0.104.